The Kier molecular flexibility index (Phi) is 5.82. The summed E-state index contributed by atoms with van der Waals surface area (Å²) in [6, 6.07) is 8.23. The van der Waals surface area contributed by atoms with Crippen molar-refractivity contribution in [2.45, 2.75) is 12.5 Å². The maximum atomic E-state index is 12.2. The molecule has 0 fully saturated rings. The minimum Gasteiger partial charge on any atom is -0.493 e. The molecule has 0 spiro atoms. The van der Waals surface area contributed by atoms with Crippen molar-refractivity contribution in [2.75, 3.05) is 33.9 Å². The van der Waals surface area contributed by atoms with Gasteiger partial charge in [0.15, 0.2) is 11.5 Å². The highest BCUT2D eigenvalue weighted by Crippen LogP contribution is 2.41. The Balaban J connectivity index is 1.97. The topological polar surface area (TPSA) is 50.8 Å². The van der Waals surface area contributed by atoms with Crippen LogP contribution in [0.5, 0.6) is 11.5 Å². The number of benzene rings is 1. The second kappa shape index (κ2) is 8.26. The summed E-state index contributed by atoms with van der Waals surface area (Å²) in [7, 11) is 3.28. The minimum atomic E-state index is -0.0616. The number of methoxy groups -OCH3 is 2. The van der Waals surface area contributed by atoms with Crippen LogP contribution in [0.1, 0.15) is 22.0 Å². The van der Waals surface area contributed by atoms with E-state index >= 15 is 0 Å². The standard InChI is InChI=1S/C20H22N2O3S/c1-4-8-21-19(23)13-22-9-7-14-11-16(24-2)17(25-3)12-15(14)20(22)18-6-5-10-26-18/h1,5-6,10-12,20H,7-9,13H2,2-3H3,(H,21,23)/t20-/m1/s1. The Morgan fingerprint density at radius 2 is 2.15 bits per heavy atom. The number of carbonyl (C=O) groups is 1. The maximum Gasteiger partial charge on any atom is 0.234 e. The third-order valence-electron chi connectivity index (χ3n) is 4.52. The van der Waals surface area contributed by atoms with Gasteiger partial charge in [-0.3, -0.25) is 9.69 Å². The number of ether oxygens (including phenoxy) is 2. The smallest absolute Gasteiger partial charge is 0.234 e. The molecule has 0 saturated heterocycles. The Labute approximate surface area is 157 Å². The van der Waals surface area contributed by atoms with E-state index in [1.54, 1.807) is 25.6 Å². The molecule has 1 aromatic carbocycles. The summed E-state index contributed by atoms with van der Waals surface area (Å²) >= 11 is 1.69. The third kappa shape index (κ3) is 3.69. The lowest BCUT2D eigenvalue weighted by molar-refractivity contribution is -0.122. The monoisotopic (exact) mass is 370 g/mol. The molecule has 0 bridgehead atoms. The number of thiophene rings is 1. The summed E-state index contributed by atoms with van der Waals surface area (Å²) in [5, 5.41) is 4.81. The first-order valence-electron chi connectivity index (χ1n) is 8.40. The first-order chi connectivity index (χ1) is 12.7. The summed E-state index contributed by atoms with van der Waals surface area (Å²) in [5.74, 6) is 3.81. The number of hydrogen-bond donors (Lipinski definition) is 1. The van der Waals surface area contributed by atoms with Crippen LogP contribution in [-0.2, 0) is 11.2 Å². The molecule has 0 aliphatic carbocycles. The lowest BCUT2D eigenvalue weighted by Crippen LogP contribution is -2.43. The molecule has 1 aliphatic heterocycles. The second-order valence-corrected chi connectivity index (χ2v) is 7.00. The molecule has 1 amide bonds. The largest absolute Gasteiger partial charge is 0.493 e. The number of rotatable bonds is 6. The molecule has 1 atom stereocenters. The van der Waals surface area contributed by atoms with Crippen molar-refractivity contribution in [1.29, 1.82) is 0 Å². The van der Waals surface area contributed by atoms with Crippen molar-refractivity contribution in [1.82, 2.24) is 10.2 Å². The van der Waals surface area contributed by atoms with E-state index in [0.717, 1.165) is 24.3 Å². The van der Waals surface area contributed by atoms with Gasteiger partial charge < -0.3 is 14.8 Å². The van der Waals surface area contributed by atoms with E-state index in [1.807, 2.05) is 18.2 Å². The first kappa shape index (κ1) is 18.3. The summed E-state index contributed by atoms with van der Waals surface area (Å²) in [5.41, 5.74) is 2.38. The van der Waals surface area contributed by atoms with Gasteiger partial charge in [-0.1, -0.05) is 12.0 Å². The van der Waals surface area contributed by atoms with Gasteiger partial charge >= 0.3 is 0 Å². The zero-order valence-electron chi connectivity index (χ0n) is 15.0. The van der Waals surface area contributed by atoms with Crippen molar-refractivity contribution in [3.8, 4) is 23.8 Å². The SMILES string of the molecule is C#CCNC(=O)CN1CCc2cc(OC)c(OC)cc2[C@@H]1c1cccs1. The third-order valence-corrected chi connectivity index (χ3v) is 5.45. The maximum absolute atomic E-state index is 12.2. The van der Waals surface area contributed by atoms with Crippen LogP contribution >= 0.6 is 11.3 Å². The van der Waals surface area contributed by atoms with E-state index in [2.05, 4.69) is 27.6 Å². The molecular formula is C20H22N2O3S. The van der Waals surface area contributed by atoms with Crippen LogP contribution in [-0.4, -0.2) is 44.7 Å². The van der Waals surface area contributed by atoms with Crippen molar-refractivity contribution in [3.63, 3.8) is 0 Å². The highest BCUT2D eigenvalue weighted by molar-refractivity contribution is 7.10. The highest BCUT2D eigenvalue weighted by atomic mass is 32.1. The van der Waals surface area contributed by atoms with Crippen molar-refractivity contribution in [3.05, 3.63) is 45.6 Å². The average Bonchev–Trinajstić information content (AvgIpc) is 3.19. The number of carbonyl (C=O) groups excluding carboxylic acids is 1. The van der Waals surface area contributed by atoms with Gasteiger partial charge in [0.25, 0.3) is 0 Å². The fraction of sp³-hybridized carbons (Fsp3) is 0.350. The van der Waals surface area contributed by atoms with Gasteiger partial charge in [0, 0.05) is 11.4 Å². The summed E-state index contributed by atoms with van der Waals surface area (Å²) < 4.78 is 10.9. The molecule has 0 radical (unpaired) electrons. The van der Waals surface area contributed by atoms with Gasteiger partial charge in [-0.25, -0.2) is 0 Å². The molecule has 1 aromatic heterocycles. The predicted octanol–water partition coefficient (Wildman–Crippen LogP) is 2.46. The molecule has 26 heavy (non-hydrogen) atoms. The van der Waals surface area contributed by atoms with Crippen LogP contribution < -0.4 is 14.8 Å². The van der Waals surface area contributed by atoms with E-state index in [1.165, 1.54) is 10.4 Å². The number of hydrogen-bond acceptors (Lipinski definition) is 5. The molecule has 2 aromatic rings. The Hall–Kier alpha value is -2.49. The quantitative estimate of drug-likeness (QED) is 0.794. The molecule has 136 valence electrons. The Morgan fingerprint density at radius 3 is 2.81 bits per heavy atom. The van der Waals surface area contributed by atoms with Gasteiger partial charge in [0.05, 0.1) is 33.4 Å². The van der Waals surface area contributed by atoms with E-state index in [9.17, 15) is 4.79 Å². The van der Waals surface area contributed by atoms with Crippen LogP contribution in [0, 0.1) is 12.3 Å². The van der Waals surface area contributed by atoms with E-state index in [-0.39, 0.29) is 18.5 Å². The van der Waals surface area contributed by atoms with Crippen LogP contribution in [0.3, 0.4) is 0 Å². The zero-order valence-corrected chi connectivity index (χ0v) is 15.8. The predicted molar refractivity (Wildman–Crippen MR) is 103 cm³/mol. The molecule has 1 N–H and O–H groups in total. The molecule has 6 heteroatoms. The normalized spacial score (nSPS) is 16.4. The summed E-state index contributed by atoms with van der Waals surface area (Å²) in [6.45, 7) is 1.34. The summed E-state index contributed by atoms with van der Waals surface area (Å²) in [4.78, 5) is 15.6. The van der Waals surface area contributed by atoms with E-state index in [0.29, 0.717) is 12.3 Å². The van der Waals surface area contributed by atoms with Gasteiger partial charge in [-0.05, 0) is 41.1 Å². The number of amides is 1. The molecule has 2 heterocycles. The van der Waals surface area contributed by atoms with Crippen LogP contribution in [0.2, 0.25) is 0 Å². The fourth-order valence-corrected chi connectivity index (χ4v) is 4.21. The zero-order chi connectivity index (χ0) is 18.5. The van der Waals surface area contributed by atoms with E-state index < -0.39 is 0 Å². The first-order valence-corrected chi connectivity index (χ1v) is 9.28. The second-order valence-electron chi connectivity index (χ2n) is 6.03. The number of terminal acetylenes is 1. The van der Waals surface area contributed by atoms with Gasteiger partial charge in [0.1, 0.15) is 0 Å². The van der Waals surface area contributed by atoms with Crippen LogP contribution in [0.25, 0.3) is 0 Å². The number of nitrogens with zero attached hydrogens (tertiary/aromatic N) is 1. The van der Waals surface area contributed by atoms with Crippen molar-refractivity contribution < 1.29 is 14.3 Å². The van der Waals surface area contributed by atoms with Gasteiger partial charge in [-0.2, -0.15) is 0 Å². The fourth-order valence-electron chi connectivity index (χ4n) is 3.34. The highest BCUT2D eigenvalue weighted by Gasteiger charge is 2.32. The van der Waals surface area contributed by atoms with Gasteiger partial charge in [0.2, 0.25) is 5.91 Å². The lowest BCUT2D eigenvalue weighted by atomic mass is 9.91. The molecule has 1 aliphatic rings. The van der Waals surface area contributed by atoms with Crippen LogP contribution in [0.15, 0.2) is 29.6 Å². The number of fused-ring (bicyclic) bond motifs is 1. The molecular weight excluding hydrogens is 348 g/mol. The molecule has 0 saturated carbocycles. The van der Waals surface area contributed by atoms with Crippen LogP contribution in [0.4, 0.5) is 0 Å². The molecule has 0 unspecified atom stereocenters. The average molecular weight is 370 g/mol. The van der Waals surface area contributed by atoms with Crippen molar-refractivity contribution >= 4 is 17.2 Å². The Bertz CT molecular complexity index is 811. The summed E-state index contributed by atoms with van der Waals surface area (Å²) in [6.07, 6.45) is 6.08. The van der Waals surface area contributed by atoms with Crippen molar-refractivity contribution in [2.24, 2.45) is 0 Å². The van der Waals surface area contributed by atoms with E-state index in [4.69, 9.17) is 15.9 Å². The lowest BCUT2D eigenvalue weighted by Gasteiger charge is -2.36. The van der Waals surface area contributed by atoms with Gasteiger partial charge in [-0.15, -0.1) is 17.8 Å². The molecule has 3 rings (SSSR count). The number of nitrogens with one attached hydrogen (secondary N) is 1. The Morgan fingerprint density at radius 1 is 1.38 bits per heavy atom. The minimum absolute atomic E-state index is 0.00939. The molecule has 5 nitrogen and oxygen atoms in total.